The van der Waals surface area contributed by atoms with Gasteiger partial charge in [0.05, 0.1) is 12.2 Å². The Labute approximate surface area is 86.6 Å². The summed E-state index contributed by atoms with van der Waals surface area (Å²) in [5.41, 5.74) is 0.255. The largest absolute Gasteiger partial charge is 0.393 e. The highest BCUT2D eigenvalue weighted by molar-refractivity contribution is 5.01. The summed E-state index contributed by atoms with van der Waals surface area (Å²) in [5, 5.41) is 19.4. The third-order valence-electron chi connectivity index (χ3n) is 3.35. The Balaban J connectivity index is 2.73. The molecular weight excluding hydrogens is 176 g/mol. The summed E-state index contributed by atoms with van der Waals surface area (Å²) in [7, 11) is 0. The van der Waals surface area contributed by atoms with Crippen molar-refractivity contribution in [1.29, 1.82) is 0 Å². The molecule has 1 aliphatic carbocycles. The van der Waals surface area contributed by atoms with Gasteiger partial charge in [0.1, 0.15) is 0 Å². The van der Waals surface area contributed by atoms with Crippen LogP contribution in [0.5, 0.6) is 0 Å². The van der Waals surface area contributed by atoms with Crippen LogP contribution in [0.4, 0.5) is 0 Å². The van der Waals surface area contributed by atoms with E-state index in [0.717, 1.165) is 18.4 Å². The van der Waals surface area contributed by atoms with E-state index in [2.05, 4.69) is 13.5 Å². The molecule has 1 fully saturated rings. The molecule has 0 spiro atoms. The molecule has 1 aliphatic rings. The quantitative estimate of drug-likeness (QED) is 0.527. The zero-order chi connectivity index (χ0) is 10.8. The lowest BCUT2D eigenvalue weighted by Gasteiger charge is -2.28. The van der Waals surface area contributed by atoms with E-state index in [-0.39, 0.29) is 6.61 Å². The number of rotatable bonds is 2. The summed E-state index contributed by atoms with van der Waals surface area (Å²) >= 11 is 0. The van der Waals surface area contributed by atoms with E-state index in [1.165, 1.54) is 0 Å². The van der Waals surface area contributed by atoms with Crippen molar-refractivity contribution in [2.45, 2.75) is 45.1 Å². The first-order chi connectivity index (χ1) is 6.47. The summed E-state index contributed by atoms with van der Waals surface area (Å²) in [6, 6.07) is 0. The monoisotopic (exact) mass is 198 g/mol. The second-order valence-corrected chi connectivity index (χ2v) is 5.02. The highest BCUT2D eigenvalue weighted by Crippen LogP contribution is 2.36. The van der Waals surface area contributed by atoms with Gasteiger partial charge in [-0.2, -0.15) is 0 Å². The second-order valence-electron chi connectivity index (χ2n) is 5.02. The molecule has 1 saturated carbocycles. The summed E-state index contributed by atoms with van der Waals surface area (Å²) in [4.78, 5) is 0. The van der Waals surface area contributed by atoms with Gasteiger partial charge in [0, 0.05) is 0 Å². The Hall–Kier alpha value is -0.340. The maximum Gasteiger partial charge on any atom is 0.0885 e. The molecule has 0 aromatic heterocycles. The van der Waals surface area contributed by atoms with Crippen molar-refractivity contribution < 1.29 is 10.2 Å². The number of aliphatic hydroxyl groups excluding tert-OH is 1. The fraction of sp³-hybridized carbons (Fsp3) is 0.833. The Morgan fingerprint density at radius 2 is 2.07 bits per heavy atom. The van der Waals surface area contributed by atoms with E-state index < -0.39 is 5.60 Å². The topological polar surface area (TPSA) is 40.5 Å². The normalized spacial score (nSPS) is 39.1. The summed E-state index contributed by atoms with van der Waals surface area (Å²) in [5.74, 6) is 0.869. The van der Waals surface area contributed by atoms with Crippen molar-refractivity contribution in [2.24, 2.45) is 11.8 Å². The van der Waals surface area contributed by atoms with Gasteiger partial charge >= 0.3 is 0 Å². The SMILES string of the molecule is C=C(C)C1CCC(C)CC(O)(CO)C1. The van der Waals surface area contributed by atoms with Crippen molar-refractivity contribution in [3.63, 3.8) is 0 Å². The number of hydrogen-bond donors (Lipinski definition) is 2. The average Bonchev–Trinajstić information content (AvgIpc) is 2.25. The summed E-state index contributed by atoms with van der Waals surface area (Å²) in [6.45, 7) is 7.98. The van der Waals surface area contributed by atoms with Crippen molar-refractivity contribution in [3.8, 4) is 0 Å². The number of hydrogen-bond acceptors (Lipinski definition) is 2. The number of allylic oxidation sites excluding steroid dienone is 1. The molecule has 82 valence electrons. The third-order valence-corrected chi connectivity index (χ3v) is 3.35. The predicted molar refractivity (Wildman–Crippen MR) is 58.0 cm³/mol. The molecule has 3 unspecified atom stereocenters. The van der Waals surface area contributed by atoms with Crippen molar-refractivity contribution in [2.75, 3.05) is 6.61 Å². The smallest absolute Gasteiger partial charge is 0.0885 e. The van der Waals surface area contributed by atoms with E-state index in [9.17, 15) is 10.2 Å². The first-order valence-electron chi connectivity index (χ1n) is 5.45. The lowest BCUT2D eigenvalue weighted by molar-refractivity contribution is -0.0391. The maximum atomic E-state index is 10.2. The average molecular weight is 198 g/mol. The van der Waals surface area contributed by atoms with E-state index in [1.807, 2.05) is 6.92 Å². The molecule has 0 saturated heterocycles. The van der Waals surface area contributed by atoms with Gasteiger partial charge in [-0.15, -0.1) is 0 Å². The fourth-order valence-electron chi connectivity index (χ4n) is 2.43. The molecule has 0 aliphatic heterocycles. The van der Waals surface area contributed by atoms with Gasteiger partial charge in [0.25, 0.3) is 0 Å². The van der Waals surface area contributed by atoms with E-state index in [0.29, 0.717) is 24.7 Å². The summed E-state index contributed by atoms with van der Waals surface area (Å²) < 4.78 is 0. The van der Waals surface area contributed by atoms with Crippen LogP contribution in [-0.2, 0) is 0 Å². The summed E-state index contributed by atoms with van der Waals surface area (Å²) in [6.07, 6.45) is 3.61. The van der Waals surface area contributed by atoms with Gasteiger partial charge in [-0.3, -0.25) is 0 Å². The molecule has 3 atom stereocenters. The molecule has 0 bridgehead atoms. The molecule has 14 heavy (non-hydrogen) atoms. The Kier molecular flexibility index (Phi) is 3.73. The van der Waals surface area contributed by atoms with Crippen molar-refractivity contribution in [3.05, 3.63) is 12.2 Å². The maximum absolute atomic E-state index is 10.2. The highest BCUT2D eigenvalue weighted by Gasteiger charge is 2.34. The van der Waals surface area contributed by atoms with Gasteiger partial charge < -0.3 is 10.2 Å². The molecule has 0 aromatic rings. The second kappa shape index (κ2) is 4.45. The zero-order valence-corrected chi connectivity index (χ0v) is 9.29. The Bertz CT molecular complexity index is 212. The first kappa shape index (κ1) is 11.7. The Morgan fingerprint density at radius 3 is 2.57 bits per heavy atom. The minimum Gasteiger partial charge on any atom is -0.393 e. The lowest BCUT2D eigenvalue weighted by atomic mass is 9.85. The van der Waals surface area contributed by atoms with Crippen LogP contribution in [0.2, 0.25) is 0 Å². The molecule has 0 aromatic carbocycles. The first-order valence-corrected chi connectivity index (χ1v) is 5.45. The Morgan fingerprint density at radius 1 is 1.43 bits per heavy atom. The van der Waals surface area contributed by atoms with E-state index in [4.69, 9.17) is 0 Å². The van der Waals surface area contributed by atoms with Gasteiger partial charge in [-0.25, -0.2) is 0 Å². The van der Waals surface area contributed by atoms with Gasteiger partial charge in [0.2, 0.25) is 0 Å². The fourth-order valence-corrected chi connectivity index (χ4v) is 2.43. The van der Waals surface area contributed by atoms with Gasteiger partial charge in [-0.05, 0) is 38.0 Å². The number of aliphatic hydroxyl groups is 2. The molecule has 0 amide bonds. The molecular formula is C12H22O2. The van der Waals surface area contributed by atoms with Gasteiger partial charge in [0.15, 0.2) is 0 Å². The molecule has 2 heteroatoms. The molecule has 1 rings (SSSR count). The molecule has 2 N–H and O–H groups in total. The molecule has 2 nitrogen and oxygen atoms in total. The van der Waals surface area contributed by atoms with Crippen LogP contribution in [0.25, 0.3) is 0 Å². The zero-order valence-electron chi connectivity index (χ0n) is 9.29. The van der Waals surface area contributed by atoms with Crippen LogP contribution in [0.1, 0.15) is 39.5 Å². The van der Waals surface area contributed by atoms with Crippen LogP contribution in [0.15, 0.2) is 12.2 Å². The van der Waals surface area contributed by atoms with E-state index >= 15 is 0 Å². The van der Waals surface area contributed by atoms with Crippen LogP contribution in [-0.4, -0.2) is 22.4 Å². The van der Waals surface area contributed by atoms with E-state index in [1.54, 1.807) is 0 Å². The minimum absolute atomic E-state index is 0.124. The highest BCUT2D eigenvalue weighted by atomic mass is 16.3. The van der Waals surface area contributed by atoms with Crippen LogP contribution in [0.3, 0.4) is 0 Å². The van der Waals surface area contributed by atoms with Crippen LogP contribution >= 0.6 is 0 Å². The van der Waals surface area contributed by atoms with Crippen LogP contribution in [0, 0.1) is 11.8 Å². The lowest BCUT2D eigenvalue weighted by Crippen LogP contribution is -2.35. The minimum atomic E-state index is -0.875. The van der Waals surface area contributed by atoms with Crippen molar-refractivity contribution in [1.82, 2.24) is 0 Å². The third kappa shape index (κ3) is 2.82. The van der Waals surface area contributed by atoms with Gasteiger partial charge in [-0.1, -0.05) is 25.5 Å². The standard InChI is InChI=1S/C12H22O2/c1-9(2)11-5-4-10(3)6-12(14,7-11)8-13/h10-11,13-14H,1,4-8H2,2-3H3. The molecule has 0 radical (unpaired) electrons. The predicted octanol–water partition coefficient (Wildman–Crippen LogP) is 2.11. The molecule has 0 heterocycles. The van der Waals surface area contributed by atoms with Crippen molar-refractivity contribution >= 4 is 0 Å². The van der Waals surface area contributed by atoms with Crippen LogP contribution < -0.4 is 0 Å².